The topological polar surface area (TPSA) is 3.01 Å². The molecule has 0 fully saturated rings. The highest BCUT2D eigenvalue weighted by atomic mass is 32.2. The molecule has 3 heteroatoms. The quantitative estimate of drug-likeness (QED) is 0.207. The summed E-state index contributed by atoms with van der Waals surface area (Å²) in [7, 11) is 2.15. The van der Waals surface area contributed by atoms with Gasteiger partial charge in [-0.25, -0.2) is 0 Å². The third-order valence-corrected chi connectivity index (χ3v) is 6.98. The number of rotatable bonds is 5. The Morgan fingerprint density at radius 1 is 0.923 bits per heavy atom. The first-order valence-corrected chi connectivity index (χ1v) is 10.8. The monoisotopic (exact) mass is 376 g/mol. The molecule has 26 heavy (non-hydrogen) atoms. The number of para-hydroxylation sites is 1. The van der Waals surface area contributed by atoms with Crippen molar-refractivity contribution in [2.75, 3.05) is 12.8 Å². The summed E-state index contributed by atoms with van der Waals surface area (Å²) in [6.45, 7) is 2.23. The van der Waals surface area contributed by atoms with E-state index in [-0.39, 0.29) is 0 Å². The number of benzene rings is 3. The highest BCUT2D eigenvalue weighted by molar-refractivity contribution is 7.99. The molecule has 1 aromatic heterocycles. The summed E-state index contributed by atoms with van der Waals surface area (Å²) in [5, 5.41) is 2.70. The number of nitrogens with zero attached hydrogens (tertiary/aromatic N) is 1. The molecule has 4 aromatic rings. The highest BCUT2D eigenvalue weighted by Crippen LogP contribution is 2.35. The lowest BCUT2D eigenvalue weighted by molar-refractivity contribution is -0.401. The Morgan fingerprint density at radius 3 is 2.58 bits per heavy atom. The van der Waals surface area contributed by atoms with Gasteiger partial charge in [-0.2, -0.15) is 4.58 Å². The van der Waals surface area contributed by atoms with Gasteiger partial charge in [0, 0.05) is 26.2 Å². The summed E-state index contributed by atoms with van der Waals surface area (Å²) in [6.07, 6.45) is 3.45. The van der Waals surface area contributed by atoms with Crippen LogP contribution in [-0.2, 0) is 0 Å². The number of hydrogen-bond acceptors (Lipinski definition) is 2. The maximum absolute atomic E-state index is 2.27. The first kappa shape index (κ1) is 17.3. The zero-order chi connectivity index (χ0) is 17.9. The minimum atomic E-state index is 1.15. The Labute approximate surface area is 163 Å². The number of thioether (sulfide) groups is 1. The van der Waals surface area contributed by atoms with Crippen LogP contribution in [0.2, 0.25) is 0 Å². The Bertz CT molecular complexity index is 1090. The molecule has 1 heterocycles. The fourth-order valence-electron chi connectivity index (χ4n) is 3.23. The van der Waals surface area contributed by atoms with Crippen LogP contribution in [0.5, 0.6) is 0 Å². The number of hydrogen-bond donors (Lipinski definition) is 0. The lowest BCUT2D eigenvalue weighted by Crippen LogP contribution is -2.02. The second-order valence-electron chi connectivity index (χ2n) is 6.38. The lowest BCUT2D eigenvalue weighted by Gasteiger charge is -2.04. The van der Waals surface area contributed by atoms with Crippen molar-refractivity contribution in [2.24, 2.45) is 0 Å². The predicted octanol–water partition coefficient (Wildman–Crippen LogP) is 6.95. The van der Waals surface area contributed by atoms with Gasteiger partial charge in [0.15, 0.2) is 6.21 Å². The standard InChI is InChI=1S/C23H22NS2/c1-3-15-25-22-14-7-5-12-20(22)24(2)16-17-9-8-11-19-18-10-4-6-13-21(18)26-23(17)19/h4-14,16H,3,15H2,1-2H3/q+1. The van der Waals surface area contributed by atoms with Gasteiger partial charge in [-0.15, -0.1) is 23.1 Å². The maximum Gasteiger partial charge on any atom is 0.218 e. The van der Waals surface area contributed by atoms with Crippen LogP contribution in [0.1, 0.15) is 18.9 Å². The van der Waals surface area contributed by atoms with Crippen LogP contribution >= 0.6 is 23.1 Å². The summed E-state index contributed by atoms with van der Waals surface area (Å²) >= 11 is 3.81. The Balaban J connectivity index is 1.81. The second-order valence-corrected chi connectivity index (χ2v) is 8.57. The van der Waals surface area contributed by atoms with Gasteiger partial charge in [-0.3, -0.25) is 0 Å². The van der Waals surface area contributed by atoms with Crippen LogP contribution in [0.4, 0.5) is 5.69 Å². The smallest absolute Gasteiger partial charge is 0.200 e. The molecule has 0 atom stereocenters. The third kappa shape index (κ3) is 3.29. The molecule has 0 aliphatic rings. The summed E-state index contributed by atoms with van der Waals surface area (Å²) in [4.78, 5) is 1.34. The van der Waals surface area contributed by atoms with Crippen LogP contribution in [0.3, 0.4) is 0 Å². The van der Waals surface area contributed by atoms with E-state index < -0.39 is 0 Å². The Kier molecular flexibility index (Phi) is 5.09. The summed E-state index contributed by atoms with van der Waals surface area (Å²) < 4.78 is 4.97. The van der Waals surface area contributed by atoms with Crippen molar-refractivity contribution in [2.45, 2.75) is 18.2 Å². The van der Waals surface area contributed by atoms with E-state index in [1.807, 2.05) is 23.1 Å². The molecule has 0 saturated carbocycles. The molecule has 0 saturated heterocycles. The predicted molar refractivity (Wildman–Crippen MR) is 118 cm³/mol. The van der Waals surface area contributed by atoms with E-state index in [1.54, 1.807) is 0 Å². The molecule has 4 rings (SSSR count). The fourth-order valence-corrected chi connectivity index (χ4v) is 5.37. The van der Waals surface area contributed by atoms with E-state index in [0.29, 0.717) is 0 Å². The molecule has 0 spiro atoms. The van der Waals surface area contributed by atoms with E-state index in [1.165, 1.54) is 42.7 Å². The average Bonchev–Trinajstić information content (AvgIpc) is 3.06. The molecule has 1 nitrogen and oxygen atoms in total. The van der Waals surface area contributed by atoms with Crippen molar-refractivity contribution in [3.63, 3.8) is 0 Å². The van der Waals surface area contributed by atoms with Crippen molar-refractivity contribution in [1.29, 1.82) is 0 Å². The average molecular weight is 377 g/mol. The van der Waals surface area contributed by atoms with E-state index in [9.17, 15) is 0 Å². The van der Waals surface area contributed by atoms with Gasteiger partial charge in [-0.05, 0) is 30.4 Å². The number of fused-ring (bicyclic) bond motifs is 3. The van der Waals surface area contributed by atoms with Crippen molar-refractivity contribution in [3.8, 4) is 0 Å². The molecular formula is C23H22NS2+. The van der Waals surface area contributed by atoms with Crippen molar-refractivity contribution in [1.82, 2.24) is 0 Å². The van der Waals surface area contributed by atoms with Gasteiger partial charge in [-0.1, -0.05) is 49.4 Å². The number of thiophene rings is 1. The van der Waals surface area contributed by atoms with Crippen LogP contribution in [0.15, 0.2) is 71.6 Å². The highest BCUT2D eigenvalue weighted by Gasteiger charge is 2.13. The van der Waals surface area contributed by atoms with Crippen LogP contribution in [0.25, 0.3) is 20.2 Å². The van der Waals surface area contributed by atoms with Crippen LogP contribution in [0, 0.1) is 0 Å². The minimum absolute atomic E-state index is 1.15. The maximum atomic E-state index is 2.27. The molecule has 0 radical (unpaired) electrons. The van der Waals surface area contributed by atoms with Gasteiger partial charge in [0.05, 0.1) is 10.5 Å². The second kappa shape index (κ2) is 7.65. The molecule has 130 valence electrons. The molecule has 0 unspecified atom stereocenters. The normalized spacial score (nSPS) is 12.2. The van der Waals surface area contributed by atoms with E-state index in [4.69, 9.17) is 0 Å². The van der Waals surface area contributed by atoms with Gasteiger partial charge in [0.2, 0.25) is 5.69 Å². The first-order valence-electron chi connectivity index (χ1n) is 8.97. The van der Waals surface area contributed by atoms with Gasteiger partial charge in [0.25, 0.3) is 0 Å². The van der Waals surface area contributed by atoms with Crippen molar-refractivity contribution in [3.05, 3.63) is 72.3 Å². The summed E-state index contributed by atoms with van der Waals surface area (Å²) in [5.74, 6) is 1.15. The van der Waals surface area contributed by atoms with Crippen LogP contribution in [-0.4, -0.2) is 23.6 Å². The van der Waals surface area contributed by atoms with Crippen molar-refractivity contribution < 1.29 is 4.58 Å². The fraction of sp³-hybridized carbons (Fsp3) is 0.174. The van der Waals surface area contributed by atoms with Gasteiger partial charge >= 0.3 is 0 Å². The van der Waals surface area contributed by atoms with Gasteiger partial charge < -0.3 is 0 Å². The molecule has 0 aliphatic carbocycles. The van der Waals surface area contributed by atoms with Crippen LogP contribution < -0.4 is 0 Å². The first-order chi connectivity index (χ1) is 12.8. The molecule has 3 aromatic carbocycles. The zero-order valence-electron chi connectivity index (χ0n) is 15.1. The van der Waals surface area contributed by atoms with E-state index in [2.05, 4.69) is 91.5 Å². The van der Waals surface area contributed by atoms with E-state index in [0.717, 1.165) is 5.75 Å². The van der Waals surface area contributed by atoms with E-state index >= 15 is 0 Å². The van der Waals surface area contributed by atoms with Crippen molar-refractivity contribution >= 4 is 55.2 Å². The summed E-state index contributed by atoms with van der Waals surface area (Å²) in [6, 6.07) is 24.0. The van der Waals surface area contributed by atoms with Gasteiger partial charge in [0.1, 0.15) is 7.05 Å². The Morgan fingerprint density at radius 2 is 1.69 bits per heavy atom. The summed E-state index contributed by atoms with van der Waals surface area (Å²) in [5.41, 5.74) is 2.55. The molecule has 0 aliphatic heterocycles. The largest absolute Gasteiger partial charge is 0.218 e. The molecule has 0 bridgehead atoms. The molecular weight excluding hydrogens is 354 g/mol. The Hall–Kier alpha value is -2.10. The molecule has 0 N–H and O–H groups in total. The minimum Gasteiger partial charge on any atom is -0.200 e. The zero-order valence-corrected chi connectivity index (χ0v) is 16.7. The lowest BCUT2D eigenvalue weighted by atomic mass is 10.1. The molecule has 0 amide bonds. The third-order valence-electron chi connectivity index (χ3n) is 4.47. The SMILES string of the molecule is CCCSc1ccccc1[N+](C)=Cc1cccc2c1sc1ccccc12.